The second-order valence-electron chi connectivity index (χ2n) is 13.5. The van der Waals surface area contributed by atoms with E-state index in [1.165, 1.54) is 35.6 Å². The van der Waals surface area contributed by atoms with Gasteiger partial charge in [-0.25, -0.2) is 12.9 Å². The number of sulfonamides is 1. The summed E-state index contributed by atoms with van der Waals surface area (Å²) >= 11 is 12.6. The van der Waals surface area contributed by atoms with E-state index in [9.17, 15) is 8.42 Å². The molecule has 1 N–H and O–H groups in total. The Morgan fingerprint density at radius 2 is 1.85 bits per heavy atom. The zero-order chi connectivity index (χ0) is 31.6. The predicted molar refractivity (Wildman–Crippen MR) is 185 cm³/mol. The molecule has 1 saturated heterocycles. The predicted octanol–water partition coefficient (Wildman–Crippen LogP) is 6.57. The van der Waals surface area contributed by atoms with Gasteiger partial charge in [-0.1, -0.05) is 54.5 Å². The van der Waals surface area contributed by atoms with Crippen molar-refractivity contribution in [1.29, 1.82) is 0 Å². The number of hydrogen-bond donors (Lipinski definition) is 1. The van der Waals surface area contributed by atoms with Crippen LogP contribution >= 0.6 is 23.8 Å². The van der Waals surface area contributed by atoms with E-state index in [4.69, 9.17) is 33.7 Å². The largest absolute Gasteiger partial charge is 0.379 e. The van der Waals surface area contributed by atoms with Crippen molar-refractivity contribution in [2.45, 2.75) is 69.4 Å². The Bertz CT molecular complexity index is 1910. The molecule has 3 fully saturated rings. The first-order valence-electron chi connectivity index (χ1n) is 16.7. The highest BCUT2D eigenvalue weighted by Crippen LogP contribution is 2.49. The Hall–Kier alpha value is -2.76. The minimum absolute atomic E-state index is 0.270. The highest BCUT2D eigenvalue weighted by Gasteiger charge is 2.42. The summed E-state index contributed by atoms with van der Waals surface area (Å²) in [6.07, 6.45) is 8.28. The minimum Gasteiger partial charge on any atom is -0.379 e. The molecule has 8 nitrogen and oxygen atoms in total. The lowest BCUT2D eigenvalue weighted by Gasteiger charge is -2.29. The molecule has 46 heavy (non-hydrogen) atoms. The van der Waals surface area contributed by atoms with Gasteiger partial charge in [0.15, 0.2) is 5.82 Å². The van der Waals surface area contributed by atoms with Crippen LogP contribution in [0.15, 0.2) is 53.4 Å². The third-order valence-corrected chi connectivity index (χ3v) is 13.3. The molecule has 4 heterocycles. The van der Waals surface area contributed by atoms with Gasteiger partial charge >= 0.3 is 0 Å². The van der Waals surface area contributed by atoms with E-state index in [1.807, 2.05) is 28.8 Å². The standard InChI is InChI=1S/C35H40ClN5O3S2/c1-22(30-20-23-8-9-25(30)19-23)37-34(45)32-31(24-10-12-27(36)13-11-24)29-7-2-3-14-40-33(38-41(32)35(29)40)26-5-4-6-28(21-26)46(42,43)39-15-17-44-18-16-39/h4-6,10-13,21-23,25,30H,2-3,7-9,14-20H2,1H3,(H,37,45)/t22-,23+,25+,30-/m1/s1. The lowest BCUT2D eigenvalue weighted by Crippen LogP contribution is -2.40. The molecule has 242 valence electrons. The number of nitrogens with zero attached hydrogens (tertiary/aromatic N) is 4. The number of morpholine rings is 1. The van der Waals surface area contributed by atoms with Crippen LogP contribution in [0, 0.1) is 17.8 Å². The van der Waals surface area contributed by atoms with Crippen LogP contribution in [0.25, 0.3) is 28.2 Å². The summed E-state index contributed by atoms with van der Waals surface area (Å²) in [5, 5.41) is 9.74. The fraction of sp³-hybridized carbons (Fsp3) is 0.486. The third-order valence-electron chi connectivity index (χ3n) is 10.8. The van der Waals surface area contributed by atoms with Gasteiger partial charge in [-0.3, -0.25) is 0 Å². The Kier molecular flexibility index (Phi) is 8.00. The van der Waals surface area contributed by atoms with Gasteiger partial charge in [-0.05, 0) is 93.0 Å². The molecule has 0 amide bonds. The molecule has 0 spiro atoms. The van der Waals surface area contributed by atoms with E-state index in [0.717, 1.165) is 71.5 Å². The first-order chi connectivity index (χ1) is 22.3. The maximum Gasteiger partial charge on any atom is 0.243 e. The number of thiocarbonyl (C=S) groups is 1. The maximum absolute atomic E-state index is 13.6. The molecule has 4 aromatic rings. The third kappa shape index (κ3) is 5.21. The number of benzene rings is 2. The van der Waals surface area contributed by atoms with Crippen LogP contribution in [-0.2, 0) is 27.7 Å². The Morgan fingerprint density at radius 3 is 2.59 bits per heavy atom. The molecule has 4 aliphatic rings. The molecule has 2 aliphatic carbocycles. The first kappa shape index (κ1) is 30.6. The highest BCUT2D eigenvalue weighted by atomic mass is 35.5. The van der Waals surface area contributed by atoms with Gasteiger partial charge in [-0.15, -0.1) is 5.10 Å². The second kappa shape index (κ2) is 12.0. The van der Waals surface area contributed by atoms with Gasteiger partial charge < -0.3 is 14.6 Å². The monoisotopic (exact) mass is 677 g/mol. The summed E-state index contributed by atoms with van der Waals surface area (Å²) < 4.78 is 38.4. The molecule has 2 aromatic heterocycles. The Labute approximate surface area is 281 Å². The van der Waals surface area contributed by atoms with Crippen molar-refractivity contribution in [3.8, 4) is 22.5 Å². The van der Waals surface area contributed by atoms with E-state index < -0.39 is 10.0 Å². The minimum atomic E-state index is -3.66. The molecular weight excluding hydrogens is 638 g/mol. The summed E-state index contributed by atoms with van der Waals surface area (Å²) in [4.78, 5) is 0.988. The topological polar surface area (TPSA) is 80.9 Å². The Morgan fingerprint density at radius 1 is 1.04 bits per heavy atom. The lowest BCUT2D eigenvalue weighted by molar-refractivity contribution is 0.0730. The number of rotatable bonds is 7. The number of hydrogen-bond acceptors (Lipinski definition) is 5. The van der Waals surface area contributed by atoms with Crippen LogP contribution in [0.2, 0.25) is 5.02 Å². The zero-order valence-electron chi connectivity index (χ0n) is 26.1. The summed E-state index contributed by atoms with van der Waals surface area (Å²) in [7, 11) is -3.66. The van der Waals surface area contributed by atoms with Gasteiger partial charge in [0.05, 0.1) is 18.1 Å². The van der Waals surface area contributed by atoms with E-state index in [0.29, 0.717) is 42.2 Å². The fourth-order valence-electron chi connectivity index (χ4n) is 8.61. The molecule has 8 rings (SSSR count). The molecule has 2 saturated carbocycles. The van der Waals surface area contributed by atoms with Crippen LogP contribution in [0.5, 0.6) is 0 Å². The number of halogens is 1. The summed E-state index contributed by atoms with van der Waals surface area (Å²) in [5.74, 6) is 3.04. The van der Waals surface area contributed by atoms with Crippen molar-refractivity contribution in [2.24, 2.45) is 17.8 Å². The number of nitrogens with one attached hydrogen (secondary N) is 1. The van der Waals surface area contributed by atoms with Crippen molar-refractivity contribution in [1.82, 2.24) is 23.8 Å². The highest BCUT2D eigenvalue weighted by molar-refractivity contribution is 7.89. The van der Waals surface area contributed by atoms with Gasteiger partial charge in [0.2, 0.25) is 10.0 Å². The van der Waals surface area contributed by atoms with Gasteiger partial charge in [0.25, 0.3) is 0 Å². The van der Waals surface area contributed by atoms with E-state index >= 15 is 0 Å². The van der Waals surface area contributed by atoms with Crippen LogP contribution < -0.4 is 5.32 Å². The molecule has 0 unspecified atom stereocenters. The smallest absolute Gasteiger partial charge is 0.243 e. The molecule has 4 atom stereocenters. The maximum atomic E-state index is 13.6. The normalized spacial score (nSPS) is 23.9. The number of ether oxygens (including phenoxy) is 1. The average Bonchev–Trinajstić information content (AvgIpc) is 3.82. The van der Waals surface area contributed by atoms with Crippen LogP contribution in [-0.4, -0.2) is 64.2 Å². The van der Waals surface area contributed by atoms with Gasteiger partial charge in [0.1, 0.15) is 16.3 Å². The SMILES string of the molecule is C[C@@H](NC(=S)c1c(-c2ccc(Cl)cc2)c2c3n(c(-c4cccc(S(=O)(=O)N5CCOCC5)c4)nn13)CCCC2)[C@H]1C[C@H]2CC[C@H]1C2. The van der Waals surface area contributed by atoms with Gasteiger partial charge in [-0.2, -0.15) is 4.31 Å². The lowest BCUT2D eigenvalue weighted by atomic mass is 9.84. The molecular formula is C35H40ClN5O3S2. The molecule has 11 heteroatoms. The number of fused-ring (bicyclic) bond motifs is 2. The summed E-state index contributed by atoms with van der Waals surface area (Å²) in [5.41, 5.74) is 6.12. The average molecular weight is 678 g/mol. The van der Waals surface area contributed by atoms with Crippen molar-refractivity contribution in [3.05, 3.63) is 64.8 Å². The zero-order valence-corrected chi connectivity index (χ0v) is 28.5. The number of aromatic nitrogens is 3. The van der Waals surface area contributed by atoms with Crippen molar-refractivity contribution < 1.29 is 13.2 Å². The van der Waals surface area contributed by atoms with Gasteiger partial charge in [0, 0.05) is 47.4 Å². The van der Waals surface area contributed by atoms with Crippen LogP contribution in [0.4, 0.5) is 0 Å². The quantitative estimate of drug-likeness (QED) is 0.223. The summed E-state index contributed by atoms with van der Waals surface area (Å²) in [6, 6.07) is 15.5. The van der Waals surface area contributed by atoms with Crippen molar-refractivity contribution >= 4 is 44.5 Å². The Balaban J connectivity index is 1.25. The molecule has 2 aromatic carbocycles. The molecule has 2 aliphatic heterocycles. The number of aryl methyl sites for hydroxylation is 2. The van der Waals surface area contributed by atoms with E-state index in [-0.39, 0.29) is 10.9 Å². The van der Waals surface area contributed by atoms with Crippen molar-refractivity contribution in [2.75, 3.05) is 26.3 Å². The van der Waals surface area contributed by atoms with Crippen molar-refractivity contribution in [3.63, 3.8) is 0 Å². The fourth-order valence-corrected chi connectivity index (χ4v) is 10.6. The van der Waals surface area contributed by atoms with E-state index in [1.54, 1.807) is 12.1 Å². The molecule has 2 bridgehead atoms. The molecule has 0 radical (unpaired) electrons. The summed E-state index contributed by atoms with van der Waals surface area (Å²) in [6.45, 7) is 4.61. The first-order valence-corrected chi connectivity index (χ1v) is 18.9. The van der Waals surface area contributed by atoms with Crippen LogP contribution in [0.3, 0.4) is 0 Å². The second-order valence-corrected chi connectivity index (χ2v) is 16.3. The van der Waals surface area contributed by atoms with E-state index in [2.05, 4.69) is 28.9 Å². The van der Waals surface area contributed by atoms with Crippen LogP contribution in [0.1, 0.15) is 56.7 Å².